The third-order valence-corrected chi connectivity index (χ3v) is 10.8. The number of nitrogens with zero attached hydrogens (tertiary/aromatic N) is 3. The highest BCUT2D eigenvalue weighted by Crippen LogP contribution is 2.49. The average Bonchev–Trinajstić information content (AvgIpc) is 3.51. The molecule has 6 rings (SSSR count). The zero-order valence-electron chi connectivity index (χ0n) is 25.2. The summed E-state index contributed by atoms with van der Waals surface area (Å²) in [6.45, 7) is 5.12. The molecule has 2 saturated carbocycles. The molecule has 7 heteroatoms. The number of carbonyl (C=O) groups excluding carboxylic acids is 2. The van der Waals surface area contributed by atoms with E-state index in [2.05, 4.69) is 10.2 Å². The van der Waals surface area contributed by atoms with Crippen molar-refractivity contribution in [1.82, 2.24) is 19.7 Å². The van der Waals surface area contributed by atoms with Crippen LogP contribution in [0.4, 0.5) is 0 Å². The van der Waals surface area contributed by atoms with Crippen molar-refractivity contribution >= 4 is 11.8 Å². The van der Waals surface area contributed by atoms with Gasteiger partial charge >= 0.3 is 0 Å². The molecule has 4 aliphatic rings. The van der Waals surface area contributed by atoms with Gasteiger partial charge in [-0.1, -0.05) is 75.3 Å². The molecule has 7 nitrogen and oxygen atoms in total. The van der Waals surface area contributed by atoms with E-state index < -0.39 is 0 Å². The summed E-state index contributed by atoms with van der Waals surface area (Å²) >= 11 is 0. The van der Waals surface area contributed by atoms with Gasteiger partial charge in [-0.2, -0.15) is 0 Å². The first-order valence-electron chi connectivity index (χ1n) is 16.6. The first-order valence-corrected chi connectivity index (χ1v) is 16.6. The molecule has 2 aromatic rings. The standard InChI is InChI=1S/C35H48N4O3/c40-32(14-13-27-9-3-1-4-10-27)38-20-15-29(35(26-38)16-7-8-17-35)24-39-25-31(34(42)37-21-18-36-19-22-37)30(23-33(39)41)28-11-5-2-6-12-28/h2,5-6,11-12,23,25,27,29,36H,1,3-4,7-10,13-22,24,26H2. The molecule has 2 saturated heterocycles. The Morgan fingerprint density at radius 3 is 2.36 bits per heavy atom. The predicted molar refractivity (Wildman–Crippen MR) is 166 cm³/mol. The number of hydrogen-bond acceptors (Lipinski definition) is 4. The van der Waals surface area contributed by atoms with Gasteiger partial charge in [-0.05, 0) is 48.5 Å². The Hall–Kier alpha value is -2.93. The van der Waals surface area contributed by atoms with Gasteiger partial charge in [-0.25, -0.2) is 0 Å². The van der Waals surface area contributed by atoms with Crippen molar-refractivity contribution in [3.8, 4) is 11.1 Å². The maximum atomic E-state index is 13.8. The minimum Gasteiger partial charge on any atom is -0.342 e. The van der Waals surface area contributed by atoms with Crippen LogP contribution in [0.25, 0.3) is 11.1 Å². The smallest absolute Gasteiger partial charge is 0.256 e. The van der Waals surface area contributed by atoms with Gasteiger partial charge < -0.3 is 19.7 Å². The molecule has 2 aliphatic heterocycles. The number of hydrogen-bond donors (Lipinski definition) is 1. The minimum atomic E-state index is -0.0511. The molecule has 2 amide bonds. The summed E-state index contributed by atoms with van der Waals surface area (Å²) in [4.78, 5) is 44.9. The first-order chi connectivity index (χ1) is 20.5. The molecule has 42 heavy (non-hydrogen) atoms. The minimum absolute atomic E-state index is 0.00179. The lowest BCUT2D eigenvalue weighted by Gasteiger charge is -2.47. The molecular formula is C35H48N4O3. The number of nitrogens with one attached hydrogen (secondary N) is 1. The van der Waals surface area contributed by atoms with E-state index in [1.807, 2.05) is 46.0 Å². The fourth-order valence-corrected chi connectivity index (χ4v) is 8.33. The van der Waals surface area contributed by atoms with E-state index in [4.69, 9.17) is 0 Å². The van der Waals surface area contributed by atoms with Crippen LogP contribution in [0.15, 0.2) is 47.4 Å². The fraction of sp³-hybridized carbons (Fsp3) is 0.629. The zero-order chi connectivity index (χ0) is 28.9. The lowest BCUT2D eigenvalue weighted by atomic mass is 9.69. The summed E-state index contributed by atoms with van der Waals surface area (Å²) in [7, 11) is 0. The number of rotatable bonds is 7. The molecule has 1 N–H and O–H groups in total. The van der Waals surface area contributed by atoms with Crippen molar-refractivity contribution in [2.24, 2.45) is 17.3 Å². The Morgan fingerprint density at radius 1 is 0.881 bits per heavy atom. The van der Waals surface area contributed by atoms with E-state index in [9.17, 15) is 14.4 Å². The van der Waals surface area contributed by atoms with Gasteiger partial charge in [0.15, 0.2) is 0 Å². The van der Waals surface area contributed by atoms with E-state index in [0.717, 1.165) is 63.3 Å². The largest absolute Gasteiger partial charge is 0.342 e. The average molecular weight is 573 g/mol. The van der Waals surface area contributed by atoms with E-state index in [1.54, 1.807) is 6.07 Å². The van der Waals surface area contributed by atoms with Crippen LogP contribution in [0.5, 0.6) is 0 Å². The molecular weight excluding hydrogens is 524 g/mol. The van der Waals surface area contributed by atoms with E-state index in [-0.39, 0.29) is 16.9 Å². The lowest BCUT2D eigenvalue weighted by molar-refractivity contribution is -0.137. The topological polar surface area (TPSA) is 74.7 Å². The van der Waals surface area contributed by atoms with Gasteiger partial charge in [0.2, 0.25) is 5.91 Å². The molecule has 0 bridgehead atoms. The van der Waals surface area contributed by atoms with Gasteiger partial charge in [0.25, 0.3) is 11.5 Å². The summed E-state index contributed by atoms with van der Waals surface area (Å²) in [5.74, 6) is 1.38. The number of aromatic nitrogens is 1. The number of carbonyl (C=O) groups is 2. The number of likely N-dealkylation sites (tertiary alicyclic amines) is 1. The van der Waals surface area contributed by atoms with Crippen molar-refractivity contribution in [2.45, 2.75) is 83.6 Å². The number of piperazine rings is 1. The van der Waals surface area contributed by atoms with Crippen LogP contribution in [0.2, 0.25) is 0 Å². The summed E-state index contributed by atoms with van der Waals surface area (Å²) < 4.78 is 1.81. The second-order valence-corrected chi connectivity index (χ2v) is 13.4. The van der Waals surface area contributed by atoms with Crippen LogP contribution in [-0.4, -0.2) is 65.4 Å². The van der Waals surface area contributed by atoms with Crippen LogP contribution < -0.4 is 10.9 Å². The molecule has 1 aromatic carbocycles. The molecule has 1 aromatic heterocycles. The molecule has 1 atom stereocenters. The third-order valence-electron chi connectivity index (χ3n) is 10.8. The Labute approximate surface area is 250 Å². The maximum absolute atomic E-state index is 13.8. The SMILES string of the molecule is O=C(CCC1CCCCC1)N1CCC(Cn2cc(C(=O)N3CCNCC3)c(-c3ccccc3)cc2=O)C2(CCCC2)C1. The fourth-order valence-electron chi connectivity index (χ4n) is 8.33. The highest BCUT2D eigenvalue weighted by atomic mass is 16.2. The van der Waals surface area contributed by atoms with Crippen molar-refractivity contribution in [1.29, 1.82) is 0 Å². The molecule has 1 spiro atoms. The van der Waals surface area contributed by atoms with Crippen LogP contribution in [-0.2, 0) is 11.3 Å². The van der Waals surface area contributed by atoms with Gasteiger partial charge in [0.05, 0.1) is 5.56 Å². The molecule has 4 fully saturated rings. The van der Waals surface area contributed by atoms with Crippen LogP contribution in [0.3, 0.4) is 0 Å². The molecule has 3 heterocycles. The normalized spacial score (nSPS) is 22.9. The summed E-state index contributed by atoms with van der Waals surface area (Å²) in [5, 5.41) is 3.33. The number of amides is 2. The van der Waals surface area contributed by atoms with E-state index >= 15 is 0 Å². The Balaban J connectivity index is 1.22. The van der Waals surface area contributed by atoms with E-state index in [0.29, 0.717) is 49.0 Å². The number of benzene rings is 1. The van der Waals surface area contributed by atoms with Gasteiger partial charge in [0, 0.05) is 70.1 Å². The predicted octanol–water partition coefficient (Wildman–Crippen LogP) is 5.33. The third kappa shape index (κ3) is 6.36. The zero-order valence-corrected chi connectivity index (χ0v) is 25.2. The molecule has 226 valence electrons. The maximum Gasteiger partial charge on any atom is 0.256 e. The monoisotopic (exact) mass is 572 g/mol. The van der Waals surface area contributed by atoms with Crippen LogP contribution in [0, 0.1) is 17.3 Å². The highest BCUT2D eigenvalue weighted by Gasteiger charge is 2.46. The van der Waals surface area contributed by atoms with Crippen LogP contribution >= 0.6 is 0 Å². The Kier molecular flexibility index (Phi) is 9.13. The summed E-state index contributed by atoms with van der Waals surface area (Å²) in [6.07, 6.45) is 15.7. The van der Waals surface area contributed by atoms with Gasteiger partial charge in [-0.3, -0.25) is 14.4 Å². The first kappa shape index (κ1) is 29.2. The highest BCUT2D eigenvalue weighted by molar-refractivity contribution is 6.00. The van der Waals surface area contributed by atoms with Crippen molar-refractivity contribution in [2.75, 3.05) is 39.3 Å². The van der Waals surface area contributed by atoms with Gasteiger partial charge in [-0.15, -0.1) is 0 Å². The van der Waals surface area contributed by atoms with Crippen molar-refractivity contribution < 1.29 is 9.59 Å². The summed E-state index contributed by atoms with van der Waals surface area (Å²) in [5.41, 5.74) is 2.24. The van der Waals surface area contributed by atoms with E-state index in [1.165, 1.54) is 44.9 Å². The lowest BCUT2D eigenvalue weighted by Crippen LogP contribution is -2.51. The van der Waals surface area contributed by atoms with Crippen molar-refractivity contribution in [3.63, 3.8) is 0 Å². The molecule has 1 unspecified atom stereocenters. The second-order valence-electron chi connectivity index (χ2n) is 13.4. The Morgan fingerprint density at radius 2 is 1.62 bits per heavy atom. The quantitative estimate of drug-likeness (QED) is 0.487. The second kappa shape index (κ2) is 13.2. The van der Waals surface area contributed by atoms with Crippen LogP contribution in [0.1, 0.15) is 87.4 Å². The Bertz CT molecular complexity index is 1290. The van der Waals surface area contributed by atoms with Gasteiger partial charge in [0.1, 0.15) is 0 Å². The number of pyridine rings is 1. The molecule has 2 aliphatic carbocycles. The summed E-state index contributed by atoms with van der Waals surface area (Å²) in [6, 6.07) is 11.5. The molecule has 0 radical (unpaired) electrons. The van der Waals surface area contributed by atoms with Crippen molar-refractivity contribution in [3.05, 3.63) is 58.5 Å². The number of piperidine rings is 1.